The number of nitrogens with one attached hydrogen (secondary N) is 1. The van der Waals surface area contributed by atoms with Crippen molar-refractivity contribution in [2.24, 2.45) is 5.92 Å². The van der Waals surface area contributed by atoms with Gasteiger partial charge in [-0.2, -0.15) is 0 Å². The van der Waals surface area contributed by atoms with Crippen molar-refractivity contribution in [1.82, 2.24) is 14.9 Å². The third-order valence-electron chi connectivity index (χ3n) is 5.34. The van der Waals surface area contributed by atoms with Crippen LogP contribution >= 0.6 is 0 Å². The van der Waals surface area contributed by atoms with Crippen LogP contribution in [0.15, 0.2) is 23.0 Å². The highest BCUT2D eigenvalue weighted by molar-refractivity contribution is 5.38. The van der Waals surface area contributed by atoms with Crippen molar-refractivity contribution in [3.8, 4) is 5.75 Å². The smallest absolute Gasteiger partial charge is 0.254 e. The molecular weight excluding hydrogens is 314 g/mol. The molecule has 4 rings (SSSR count). The van der Waals surface area contributed by atoms with Gasteiger partial charge in [0.25, 0.3) is 5.56 Å². The van der Waals surface area contributed by atoms with E-state index < -0.39 is 0 Å². The molecule has 1 N–H and O–H groups in total. The van der Waals surface area contributed by atoms with Gasteiger partial charge in [-0.1, -0.05) is 12.1 Å². The largest absolute Gasteiger partial charge is 0.478 e. The second kappa shape index (κ2) is 6.64. The molecule has 2 heterocycles. The molecule has 1 fully saturated rings. The Balaban J connectivity index is 1.45. The first-order chi connectivity index (χ1) is 12.1. The average molecular weight is 339 g/mol. The van der Waals surface area contributed by atoms with E-state index in [0.29, 0.717) is 19.2 Å². The SMILES string of the molecule is Cc1cccc(OCN2CCc3c(nc(CC4CC4)[nH]c3=O)C2)c1C. The molecular formula is C20H25N3O2. The van der Waals surface area contributed by atoms with Crippen LogP contribution in [0.2, 0.25) is 0 Å². The Bertz CT molecular complexity index is 839. The molecule has 2 aliphatic rings. The third-order valence-corrected chi connectivity index (χ3v) is 5.34. The Labute approximate surface area is 148 Å². The number of H-pyrrole nitrogens is 1. The fraction of sp³-hybridized carbons (Fsp3) is 0.500. The molecule has 0 bridgehead atoms. The minimum Gasteiger partial charge on any atom is -0.478 e. The Morgan fingerprint density at radius 3 is 2.96 bits per heavy atom. The van der Waals surface area contributed by atoms with Gasteiger partial charge in [-0.25, -0.2) is 4.98 Å². The number of aromatic nitrogens is 2. The summed E-state index contributed by atoms with van der Waals surface area (Å²) in [7, 11) is 0. The summed E-state index contributed by atoms with van der Waals surface area (Å²) in [6.07, 6.45) is 4.16. The third kappa shape index (κ3) is 3.61. The van der Waals surface area contributed by atoms with Gasteiger partial charge in [0, 0.05) is 25.1 Å². The molecule has 0 atom stereocenters. The van der Waals surface area contributed by atoms with Gasteiger partial charge < -0.3 is 9.72 Å². The summed E-state index contributed by atoms with van der Waals surface area (Å²) in [5, 5.41) is 0. The predicted octanol–water partition coefficient (Wildman–Crippen LogP) is 2.73. The fourth-order valence-corrected chi connectivity index (χ4v) is 3.39. The zero-order valence-electron chi connectivity index (χ0n) is 15.0. The maximum atomic E-state index is 12.3. The molecule has 0 spiro atoms. The lowest BCUT2D eigenvalue weighted by atomic mass is 10.1. The van der Waals surface area contributed by atoms with Crippen LogP contribution in [0.25, 0.3) is 0 Å². The van der Waals surface area contributed by atoms with E-state index in [4.69, 9.17) is 9.72 Å². The molecule has 0 saturated heterocycles. The van der Waals surface area contributed by atoms with Gasteiger partial charge in [0.1, 0.15) is 18.3 Å². The van der Waals surface area contributed by atoms with Crippen LogP contribution in [0.4, 0.5) is 0 Å². The van der Waals surface area contributed by atoms with Gasteiger partial charge in [-0.05, 0) is 56.2 Å². The number of nitrogens with zero attached hydrogens (tertiary/aromatic N) is 2. The molecule has 5 nitrogen and oxygen atoms in total. The van der Waals surface area contributed by atoms with E-state index in [9.17, 15) is 4.79 Å². The monoisotopic (exact) mass is 339 g/mol. The maximum absolute atomic E-state index is 12.3. The van der Waals surface area contributed by atoms with Crippen molar-refractivity contribution in [1.29, 1.82) is 0 Å². The summed E-state index contributed by atoms with van der Waals surface area (Å²) < 4.78 is 6.02. The highest BCUT2D eigenvalue weighted by Crippen LogP contribution is 2.31. The van der Waals surface area contributed by atoms with Crippen LogP contribution in [0.1, 0.15) is 41.1 Å². The number of aryl methyl sites for hydroxylation is 1. The van der Waals surface area contributed by atoms with Gasteiger partial charge >= 0.3 is 0 Å². The summed E-state index contributed by atoms with van der Waals surface area (Å²) in [4.78, 5) is 22.2. The Morgan fingerprint density at radius 1 is 1.32 bits per heavy atom. The maximum Gasteiger partial charge on any atom is 0.254 e. The number of rotatable bonds is 5. The van der Waals surface area contributed by atoms with Crippen LogP contribution < -0.4 is 10.3 Å². The predicted molar refractivity (Wildman–Crippen MR) is 96.8 cm³/mol. The van der Waals surface area contributed by atoms with Crippen molar-refractivity contribution in [3.63, 3.8) is 0 Å². The Hall–Kier alpha value is -2.14. The van der Waals surface area contributed by atoms with Crippen LogP contribution in [-0.2, 0) is 19.4 Å². The van der Waals surface area contributed by atoms with Crippen molar-refractivity contribution in [2.75, 3.05) is 13.3 Å². The average Bonchev–Trinajstić information content (AvgIpc) is 3.40. The van der Waals surface area contributed by atoms with Crippen molar-refractivity contribution in [3.05, 3.63) is 56.8 Å². The van der Waals surface area contributed by atoms with E-state index >= 15 is 0 Å². The number of hydrogen-bond donors (Lipinski definition) is 1. The fourth-order valence-electron chi connectivity index (χ4n) is 3.39. The molecule has 1 aliphatic heterocycles. The summed E-state index contributed by atoms with van der Waals surface area (Å²) in [6.45, 7) is 6.21. The summed E-state index contributed by atoms with van der Waals surface area (Å²) in [5.41, 5.74) is 4.24. The van der Waals surface area contributed by atoms with E-state index in [1.807, 2.05) is 12.1 Å². The molecule has 0 unspecified atom stereocenters. The van der Waals surface area contributed by atoms with E-state index in [1.165, 1.54) is 24.0 Å². The lowest BCUT2D eigenvalue weighted by Gasteiger charge is -2.27. The second-order valence-electron chi connectivity index (χ2n) is 7.36. The molecule has 1 aromatic carbocycles. The highest BCUT2D eigenvalue weighted by Gasteiger charge is 2.25. The van der Waals surface area contributed by atoms with Gasteiger partial charge in [-0.3, -0.25) is 9.69 Å². The first-order valence-corrected chi connectivity index (χ1v) is 9.12. The van der Waals surface area contributed by atoms with Gasteiger partial charge in [0.15, 0.2) is 0 Å². The van der Waals surface area contributed by atoms with Gasteiger partial charge in [-0.15, -0.1) is 0 Å². The van der Waals surface area contributed by atoms with Crippen LogP contribution in [-0.4, -0.2) is 28.1 Å². The van der Waals surface area contributed by atoms with Crippen molar-refractivity contribution in [2.45, 2.75) is 46.1 Å². The number of fused-ring (bicyclic) bond motifs is 1. The highest BCUT2D eigenvalue weighted by atomic mass is 16.5. The number of ether oxygens (including phenoxy) is 1. The standard InChI is InChI=1S/C20H25N3O2/c1-13-4-3-5-18(14(13)2)25-12-23-9-8-16-17(11-23)21-19(22-20(16)24)10-15-6-7-15/h3-5,15H,6-12H2,1-2H3,(H,21,22,24). The number of hydrogen-bond acceptors (Lipinski definition) is 4. The van der Waals surface area contributed by atoms with Crippen molar-refractivity contribution >= 4 is 0 Å². The van der Waals surface area contributed by atoms with E-state index in [2.05, 4.69) is 29.8 Å². The summed E-state index contributed by atoms with van der Waals surface area (Å²) >= 11 is 0. The molecule has 0 amide bonds. The molecule has 132 valence electrons. The lowest BCUT2D eigenvalue weighted by Crippen LogP contribution is -2.37. The van der Waals surface area contributed by atoms with E-state index in [-0.39, 0.29) is 5.56 Å². The summed E-state index contributed by atoms with van der Waals surface area (Å²) in [5.74, 6) is 2.50. The molecule has 25 heavy (non-hydrogen) atoms. The molecule has 2 aromatic rings. The summed E-state index contributed by atoms with van der Waals surface area (Å²) in [6, 6.07) is 6.13. The van der Waals surface area contributed by atoms with Crippen LogP contribution in [0, 0.1) is 19.8 Å². The first-order valence-electron chi connectivity index (χ1n) is 9.12. The normalized spacial score (nSPS) is 17.4. The van der Waals surface area contributed by atoms with Crippen molar-refractivity contribution < 1.29 is 4.74 Å². The van der Waals surface area contributed by atoms with E-state index in [1.54, 1.807) is 0 Å². The lowest BCUT2D eigenvalue weighted by molar-refractivity contribution is 0.111. The molecule has 1 saturated carbocycles. The quantitative estimate of drug-likeness (QED) is 0.910. The van der Waals surface area contributed by atoms with E-state index in [0.717, 1.165) is 42.2 Å². The van der Waals surface area contributed by atoms with Gasteiger partial charge in [0.2, 0.25) is 0 Å². The first kappa shape index (κ1) is 16.3. The molecule has 0 radical (unpaired) electrons. The molecule has 1 aromatic heterocycles. The number of benzene rings is 1. The number of aromatic amines is 1. The van der Waals surface area contributed by atoms with Crippen LogP contribution in [0.5, 0.6) is 5.75 Å². The zero-order chi connectivity index (χ0) is 17.4. The topological polar surface area (TPSA) is 58.2 Å². The molecule has 5 heteroatoms. The van der Waals surface area contributed by atoms with Gasteiger partial charge in [0.05, 0.1) is 5.69 Å². The molecule has 1 aliphatic carbocycles. The van der Waals surface area contributed by atoms with Crippen LogP contribution in [0.3, 0.4) is 0 Å². The Morgan fingerprint density at radius 2 is 2.16 bits per heavy atom. The minimum absolute atomic E-state index is 0.0516. The minimum atomic E-state index is 0.0516. The Kier molecular flexibility index (Phi) is 4.34. The second-order valence-corrected chi connectivity index (χ2v) is 7.36. The zero-order valence-corrected chi connectivity index (χ0v) is 15.0.